The van der Waals surface area contributed by atoms with E-state index in [4.69, 9.17) is 9.97 Å². The lowest BCUT2D eigenvalue weighted by atomic mass is 9.92. The van der Waals surface area contributed by atoms with Crippen molar-refractivity contribution in [1.29, 1.82) is 0 Å². The first-order valence-corrected chi connectivity index (χ1v) is 8.66. The Hall–Kier alpha value is -2.74. The molecule has 116 valence electrons. The van der Waals surface area contributed by atoms with Crippen LogP contribution in [0.3, 0.4) is 0 Å². The Morgan fingerprint density at radius 3 is 1.54 bits per heavy atom. The summed E-state index contributed by atoms with van der Waals surface area (Å²) in [5, 5.41) is 2.44. The van der Waals surface area contributed by atoms with Gasteiger partial charge in [0, 0.05) is 10.8 Å². The van der Waals surface area contributed by atoms with Gasteiger partial charge in [-0.2, -0.15) is 0 Å². The summed E-state index contributed by atoms with van der Waals surface area (Å²) in [5.41, 5.74) is 6.92. The number of rotatable bonds is 0. The number of aromatic nitrogens is 2. The van der Waals surface area contributed by atoms with Crippen LogP contribution in [0.1, 0.15) is 24.0 Å². The van der Waals surface area contributed by atoms with E-state index in [-0.39, 0.29) is 0 Å². The molecule has 0 spiro atoms. The SMILES string of the molecule is c1ccc2nc3c(cc2c1)CCCCc1cc2ccccc2nc1-3. The smallest absolute Gasteiger partial charge is 0.0928 e. The van der Waals surface area contributed by atoms with Gasteiger partial charge in [-0.15, -0.1) is 0 Å². The molecular weight excluding hydrogens is 292 g/mol. The van der Waals surface area contributed by atoms with E-state index in [0.29, 0.717) is 0 Å². The Morgan fingerprint density at radius 1 is 0.583 bits per heavy atom. The largest absolute Gasteiger partial charge is 0.246 e. The van der Waals surface area contributed by atoms with E-state index in [1.165, 1.54) is 34.7 Å². The second kappa shape index (κ2) is 5.41. The van der Waals surface area contributed by atoms with Gasteiger partial charge >= 0.3 is 0 Å². The summed E-state index contributed by atoms with van der Waals surface area (Å²) in [6.07, 6.45) is 4.58. The summed E-state index contributed by atoms with van der Waals surface area (Å²) < 4.78 is 0. The number of nitrogens with zero attached hydrogens (tertiary/aromatic N) is 2. The van der Waals surface area contributed by atoms with Gasteiger partial charge in [-0.1, -0.05) is 36.4 Å². The first kappa shape index (κ1) is 13.7. The average molecular weight is 310 g/mol. The van der Waals surface area contributed by atoms with Crippen molar-refractivity contribution in [3.8, 4) is 11.4 Å². The van der Waals surface area contributed by atoms with Crippen molar-refractivity contribution in [1.82, 2.24) is 9.97 Å². The summed E-state index contributed by atoms with van der Waals surface area (Å²) in [4.78, 5) is 10.0. The Morgan fingerprint density at radius 2 is 1.04 bits per heavy atom. The summed E-state index contributed by atoms with van der Waals surface area (Å²) in [6.45, 7) is 0. The van der Waals surface area contributed by atoms with Crippen LogP contribution < -0.4 is 0 Å². The van der Waals surface area contributed by atoms with Crippen LogP contribution in [0.5, 0.6) is 0 Å². The summed E-state index contributed by atoms with van der Waals surface area (Å²) in [6, 6.07) is 21.4. The molecule has 2 nitrogen and oxygen atoms in total. The van der Waals surface area contributed by atoms with Gasteiger partial charge in [-0.3, -0.25) is 0 Å². The molecule has 1 aliphatic rings. The van der Waals surface area contributed by atoms with Gasteiger partial charge < -0.3 is 0 Å². The Kier molecular flexibility index (Phi) is 3.08. The molecule has 0 aliphatic heterocycles. The number of pyridine rings is 2. The fourth-order valence-corrected chi connectivity index (χ4v) is 3.74. The molecule has 0 saturated heterocycles. The fraction of sp³-hybridized carbons (Fsp3) is 0.182. The van der Waals surface area contributed by atoms with Gasteiger partial charge in [0.1, 0.15) is 0 Å². The molecule has 0 radical (unpaired) electrons. The van der Waals surface area contributed by atoms with Gasteiger partial charge in [0.15, 0.2) is 0 Å². The molecule has 0 amide bonds. The molecule has 24 heavy (non-hydrogen) atoms. The molecule has 0 fully saturated rings. The minimum absolute atomic E-state index is 1.05. The molecule has 0 saturated carbocycles. The number of hydrogen-bond donors (Lipinski definition) is 0. The lowest BCUT2D eigenvalue weighted by Gasteiger charge is -2.17. The maximum atomic E-state index is 5.00. The molecule has 4 aromatic rings. The zero-order valence-corrected chi connectivity index (χ0v) is 13.5. The second-order valence-corrected chi connectivity index (χ2v) is 6.58. The zero-order valence-electron chi connectivity index (χ0n) is 13.5. The number of benzene rings is 2. The molecule has 0 bridgehead atoms. The van der Waals surface area contributed by atoms with Crippen LogP contribution >= 0.6 is 0 Å². The van der Waals surface area contributed by atoms with E-state index in [1.54, 1.807) is 0 Å². The molecule has 2 heterocycles. The van der Waals surface area contributed by atoms with E-state index in [2.05, 4.69) is 60.7 Å². The molecule has 0 atom stereocenters. The lowest BCUT2D eigenvalue weighted by molar-refractivity contribution is 0.726. The molecule has 0 N–H and O–H groups in total. The van der Waals surface area contributed by atoms with Crippen molar-refractivity contribution < 1.29 is 0 Å². The van der Waals surface area contributed by atoms with Crippen LogP contribution in [0.25, 0.3) is 33.2 Å². The third kappa shape index (κ3) is 2.18. The van der Waals surface area contributed by atoms with Crippen LogP contribution in [-0.2, 0) is 12.8 Å². The van der Waals surface area contributed by atoms with Crippen molar-refractivity contribution in [2.45, 2.75) is 25.7 Å². The fourth-order valence-electron chi connectivity index (χ4n) is 3.74. The van der Waals surface area contributed by atoms with Gasteiger partial charge in [-0.05, 0) is 61.1 Å². The van der Waals surface area contributed by atoms with Crippen LogP contribution in [0.15, 0.2) is 60.7 Å². The third-order valence-corrected chi connectivity index (χ3v) is 4.97. The number of aryl methyl sites for hydroxylation is 2. The van der Waals surface area contributed by atoms with Crippen molar-refractivity contribution in [2.24, 2.45) is 0 Å². The zero-order chi connectivity index (χ0) is 15.9. The standard InChI is InChI=1S/C22H18N2/c1-2-10-18-14-16-8-4-6-12-20(16)24-22(18)21-17(9-1)13-15-7-3-5-11-19(15)23-21/h3-8,11-14H,1-2,9-10H2. The highest BCUT2D eigenvalue weighted by molar-refractivity contribution is 5.86. The minimum Gasteiger partial charge on any atom is -0.246 e. The quantitative estimate of drug-likeness (QED) is 0.439. The molecule has 5 rings (SSSR count). The number of fused-ring (bicyclic) bond motifs is 5. The molecule has 2 aromatic carbocycles. The van der Waals surface area contributed by atoms with E-state index in [0.717, 1.165) is 35.3 Å². The van der Waals surface area contributed by atoms with Crippen molar-refractivity contribution in [3.05, 3.63) is 71.8 Å². The highest BCUT2D eigenvalue weighted by Crippen LogP contribution is 2.32. The third-order valence-electron chi connectivity index (χ3n) is 4.97. The molecule has 2 aromatic heterocycles. The molecule has 1 aliphatic carbocycles. The summed E-state index contributed by atoms with van der Waals surface area (Å²) in [7, 11) is 0. The Bertz CT molecular complexity index is 979. The molecule has 2 heteroatoms. The van der Waals surface area contributed by atoms with Gasteiger partial charge in [0.2, 0.25) is 0 Å². The topological polar surface area (TPSA) is 25.8 Å². The molecular formula is C22H18N2. The van der Waals surface area contributed by atoms with E-state index in [1.807, 2.05) is 0 Å². The Balaban J connectivity index is 1.84. The van der Waals surface area contributed by atoms with Gasteiger partial charge in [0.05, 0.1) is 22.4 Å². The number of hydrogen-bond acceptors (Lipinski definition) is 2. The maximum absolute atomic E-state index is 5.00. The average Bonchev–Trinajstić information content (AvgIpc) is 2.62. The summed E-state index contributed by atoms with van der Waals surface area (Å²) >= 11 is 0. The highest BCUT2D eigenvalue weighted by Gasteiger charge is 2.17. The van der Waals surface area contributed by atoms with Crippen LogP contribution in [0, 0.1) is 0 Å². The lowest BCUT2D eigenvalue weighted by Crippen LogP contribution is -2.04. The first-order chi connectivity index (χ1) is 11.9. The predicted octanol–water partition coefficient (Wildman–Crippen LogP) is 5.33. The van der Waals surface area contributed by atoms with Crippen LogP contribution in [-0.4, -0.2) is 9.97 Å². The van der Waals surface area contributed by atoms with Crippen LogP contribution in [0.2, 0.25) is 0 Å². The normalized spacial score (nSPS) is 14.0. The Labute approximate surface area is 141 Å². The van der Waals surface area contributed by atoms with E-state index >= 15 is 0 Å². The van der Waals surface area contributed by atoms with Crippen molar-refractivity contribution >= 4 is 21.8 Å². The van der Waals surface area contributed by atoms with Crippen molar-refractivity contribution in [2.75, 3.05) is 0 Å². The molecule has 0 unspecified atom stereocenters. The monoisotopic (exact) mass is 310 g/mol. The first-order valence-electron chi connectivity index (χ1n) is 8.66. The minimum atomic E-state index is 1.05. The van der Waals surface area contributed by atoms with Gasteiger partial charge in [-0.25, -0.2) is 9.97 Å². The van der Waals surface area contributed by atoms with E-state index in [9.17, 15) is 0 Å². The second-order valence-electron chi connectivity index (χ2n) is 6.58. The van der Waals surface area contributed by atoms with Gasteiger partial charge in [0.25, 0.3) is 0 Å². The van der Waals surface area contributed by atoms with Crippen molar-refractivity contribution in [3.63, 3.8) is 0 Å². The predicted molar refractivity (Wildman–Crippen MR) is 99.1 cm³/mol. The highest BCUT2D eigenvalue weighted by atomic mass is 14.8. The summed E-state index contributed by atoms with van der Waals surface area (Å²) in [5.74, 6) is 0. The van der Waals surface area contributed by atoms with Crippen LogP contribution in [0.4, 0.5) is 0 Å². The number of para-hydroxylation sites is 2. The van der Waals surface area contributed by atoms with E-state index < -0.39 is 0 Å². The maximum Gasteiger partial charge on any atom is 0.0928 e.